The zero-order valence-corrected chi connectivity index (χ0v) is 10.1. The molecular weight excluding hydrogens is 220 g/mol. The fourth-order valence-corrected chi connectivity index (χ4v) is 1.50. The number of nitrogens with zero attached hydrogens (tertiary/aromatic N) is 1. The van der Waals surface area contributed by atoms with Crippen LogP contribution in [0.3, 0.4) is 0 Å². The first kappa shape index (κ1) is 13.3. The van der Waals surface area contributed by atoms with Gasteiger partial charge in [0.1, 0.15) is 0 Å². The summed E-state index contributed by atoms with van der Waals surface area (Å²) in [4.78, 5) is 13.5. The molecule has 0 radical (unpaired) electrons. The molecule has 1 amide bonds. The van der Waals surface area contributed by atoms with Gasteiger partial charge >= 0.3 is 0 Å². The van der Waals surface area contributed by atoms with E-state index in [4.69, 9.17) is 10.8 Å². The molecule has 0 aliphatic carbocycles. The second kappa shape index (κ2) is 5.54. The molecule has 4 N–H and O–H groups in total. The fraction of sp³-hybridized carbons (Fsp3) is 0.417. The Hall–Kier alpha value is -1.75. The van der Waals surface area contributed by atoms with Crippen LogP contribution in [0.15, 0.2) is 18.2 Å². The monoisotopic (exact) mass is 238 g/mol. The average molecular weight is 238 g/mol. The van der Waals surface area contributed by atoms with Gasteiger partial charge < -0.3 is 20.8 Å². The molecule has 94 valence electrons. The van der Waals surface area contributed by atoms with Gasteiger partial charge in [0.2, 0.25) is 0 Å². The van der Waals surface area contributed by atoms with Crippen LogP contribution in [0.4, 0.5) is 0 Å². The maximum absolute atomic E-state index is 12.0. The maximum Gasteiger partial charge on any atom is 0.253 e. The van der Waals surface area contributed by atoms with Crippen LogP contribution in [0, 0.1) is 5.92 Å². The summed E-state index contributed by atoms with van der Waals surface area (Å²) in [5.74, 6) is -0.522. The molecule has 0 bridgehead atoms. The Kier molecular flexibility index (Phi) is 4.34. The first-order chi connectivity index (χ1) is 7.95. The zero-order chi connectivity index (χ0) is 13.0. The van der Waals surface area contributed by atoms with Crippen LogP contribution >= 0.6 is 0 Å². The predicted octanol–water partition coefficient (Wildman–Crippen LogP) is 0.765. The van der Waals surface area contributed by atoms with Gasteiger partial charge in [0.25, 0.3) is 5.91 Å². The highest BCUT2D eigenvalue weighted by Gasteiger charge is 2.15. The van der Waals surface area contributed by atoms with E-state index in [2.05, 4.69) is 0 Å². The number of hydrogen-bond donors (Lipinski definition) is 3. The Morgan fingerprint density at radius 2 is 2.06 bits per heavy atom. The van der Waals surface area contributed by atoms with Crippen LogP contribution in [-0.4, -0.2) is 41.2 Å². The standard InChI is InChI=1S/C12H18N2O3/c1-8(6-13)7-14(2)12(17)9-3-4-10(15)11(16)5-9/h3-5,8,15-16H,6-7,13H2,1-2H3. The van der Waals surface area contributed by atoms with Crippen LogP contribution in [0.2, 0.25) is 0 Å². The van der Waals surface area contributed by atoms with Crippen molar-refractivity contribution < 1.29 is 15.0 Å². The number of rotatable bonds is 4. The number of carbonyl (C=O) groups is 1. The SMILES string of the molecule is CC(CN)CN(C)C(=O)c1ccc(O)c(O)c1. The van der Waals surface area contributed by atoms with Gasteiger partial charge in [0.15, 0.2) is 11.5 Å². The molecule has 0 aliphatic heterocycles. The van der Waals surface area contributed by atoms with E-state index in [9.17, 15) is 9.90 Å². The van der Waals surface area contributed by atoms with E-state index >= 15 is 0 Å². The molecule has 0 saturated carbocycles. The highest BCUT2D eigenvalue weighted by atomic mass is 16.3. The van der Waals surface area contributed by atoms with Crippen LogP contribution in [-0.2, 0) is 0 Å². The van der Waals surface area contributed by atoms with Crippen molar-refractivity contribution in [3.63, 3.8) is 0 Å². The molecule has 0 heterocycles. The minimum absolute atomic E-state index is 0.208. The summed E-state index contributed by atoms with van der Waals surface area (Å²) in [6, 6.07) is 4.02. The molecule has 5 nitrogen and oxygen atoms in total. The molecule has 0 aliphatic rings. The van der Waals surface area contributed by atoms with E-state index in [1.165, 1.54) is 18.2 Å². The van der Waals surface area contributed by atoms with Gasteiger partial charge in [-0.05, 0) is 30.7 Å². The van der Waals surface area contributed by atoms with E-state index < -0.39 is 0 Å². The highest BCUT2D eigenvalue weighted by molar-refractivity contribution is 5.94. The maximum atomic E-state index is 12.0. The third-order valence-electron chi connectivity index (χ3n) is 2.56. The number of amides is 1. The minimum Gasteiger partial charge on any atom is -0.504 e. The first-order valence-corrected chi connectivity index (χ1v) is 5.43. The Labute approximate surface area is 100 Å². The van der Waals surface area contributed by atoms with Crippen LogP contribution in [0.1, 0.15) is 17.3 Å². The molecule has 0 saturated heterocycles. The number of aromatic hydroxyl groups is 2. The molecule has 0 spiro atoms. The van der Waals surface area contributed by atoms with Crippen LogP contribution in [0.5, 0.6) is 11.5 Å². The fourth-order valence-electron chi connectivity index (χ4n) is 1.50. The summed E-state index contributed by atoms with van der Waals surface area (Å²) in [7, 11) is 1.68. The van der Waals surface area contributed by atoms with Gasteiger partial charge in [-0.3, -0.25) is 4.79 Å². The van der Waals surface area contributed by atoms with Gasteiger partial charge in [0, 0.05) is 19.2 Å². The van der Waals surface area contributed by atoms with Crippen LogP contribution in [0.25, 0.3) is 0 Å². The summed E-state index contributed by atoms with van der Waals surface area (Å²) < 4.78 is 0. The molecule has 1 aromatic carbocycles. The largest absolute Gasteiger partial charge is 0.504 e. The molecule has 1 aromatic rings. The smallest absolute Gasteiger partial charge is 0.253 e. The molecule has 1 unspecified atom stereocenters. The van der Waals surface area contributed by atoms with E-state index in [0.717, 1.165) is 0 Å². The Morgan fingerprint density at radius 1 is 1.41 bits per heavy atom. The molecule has 1 atom stereocenters. The Bertz CT molecular complexity index is 407. The summed E-state index contributed by atoms with van der Waals surface area (Å²) in [6.07, 6.45) is 0. The number of benzene rings is 1. The van der Waals surface area contributed by atoms with Crippen molar-refractivity contribution in [2.24, 2.45) is 11.7 Å². The van der Waals surface area contributed by atoms with E-state index in [1.54, 1.807) is 11.9 Å². The van der Waals surface area contributed by atoms with Gasteiger partial charge in [-0.25, -0.2) is 0 Å². The van der Waals surface area contributed by atoms with Gasteiger partial charge in [-0.15, -0.1) is 0 Å². The quantitative estimate of drug-likeness (QED) is 0.676. The summed E-state index contributed by atoms with van der Waals surface area (Å²) in [5, 5.41) is 18.5. The summed E-state index contributed by atoms with van der Waals surface area (Å²) in [5.41, 5.74) is 5.83. The van der Waals surface area contributed by atoms with Crippen molar-refractivity contribution in [3.8, 4) is 11.5 Å². The third kappa shape index (κ3) is 3.35. The average Bonchev–Trinajstić information content (AvgIpc) is 2.31. The number of carbonyl (C=O) groups excluding carboxylic acids is 1. The van der Waals surface area contributed by atoms with Crippen molar-refractivity contribution in [1.29, 1.82) is 0 Å². The van der Waals surface area contributed by atoms with Gasteiger partial charge in [-0.2, -0.15) is 0 Å². The Morgan fingerprint density at radius 3 is 2.59 bits per heavy atom. The van der Waals surface area contributed by atoms with Gasteiger partial charge in [0.05, 0.1) is 0 Å². The molecule has 0 aromatic heterocycles. The molecule has 0 fully saturated rings. The van der Waals surface area contributed by atoms with Crippen molar-refractivity contribution >= 4 is 5.91 Å². The third-order valence-corrected chi connectivity index (χ3v) is 2.56. The second-order valence-electron chi connectivity index (χ2n) is 4.23. The lowest BCUT2D eigenvalue weighted by atomic mass is 10.1. The highest BCUT2D eigenvalue weighted by Crippen LogP contribution is 2.25. The second-order valence-corrected chi connectivity index (χ2v) is 4.23. The summed E-state index contributed by atoms with van der Waals surface area (Å²) in [6.45, 7) is 3.02. The van der Waals surface area contributed by atoms with E-state index in [0.29, 0.717) is 18.7 Å². The lowest BCUT2D eigenvalue weighted by Crippen LogP contribution is -2.33. The molecule has 1 rings (SSSR count). The lowest BCUT2D eigenvalue weighted by molar-refractivity contribution is 0.0777. The number of hydrogen-bond acceptors (Lipinski definition) is 4. The van der Waals surface area contributed by atoms with Crippen molar-refractivity contribution in [2.75, 3.05) is 20.1 Å². The molecule has 5 heteroatoms. The lowest BCUT2D eigenvalue weighted by Gasteiger charge is -2.20. The molecule has 17 heavy (non-hydrogen) atoms. The topological polar surface area (TPSA) is 86.8 Å². The van der Waals surface area contributed by atoms with Crippen LogP contribution < -0.4 is 5.73 Å². The van der Waals surface area contributed by atoms with Crippen molar-refractivity contribution in [3.05, 3.63) is 23.8 Å². The summed E-state index contributed by atoms with van der Waals surface area (Å²) >= 11 is 0. The number of nitrogens with two attached hydrogens (primary N) is 1. The normalized spacial score (nSPS) is 12.2. The first-order valence-electron chi connectivity index (χ1n) is 5.43. The number of phenols is 2. The van der Waals surface area contributed by atoms with Gasteiger partial charge in [-0.1, -0.05) is 6.92 Å². The minimum atomic E-state index is -0.295. The number of phenolic OH excluding ortho intramolecular Hbond substituents is 2. The van der Waals surface area contributed by atoms with Crippen molar-refractivity contribution in [2.45, 2.75) is 6.92 Å². The van der Waals surface area contributed by atoms with Crippen molar-refractivity contribution in [1.82, 2.24) is 4.90 Å². The zero-order valence-electron chi connectivity index (χ0n) is 10.1. The van der Waals surface area contributed by atoms with E-state index in [-0.39, 0.29) is 23.3 Å². The predicted molar refractivity (Wildman–Crippen MR) is 65.0 cm³/mol. The Balaban J connectivity index is 2.78. The molecular formula is C12H18N2O3. The van der Waals surface area contributed by atoms with E-state index in [1.807, 2.05) is 6.92 Å².